The van der Waals surface area contributed by atoms with E-state index in [1.807, 2.05) is 6.92 Å². The summed E-state index contributed by atoms with van der Waals surface area (Å²) < 4.78 is 39.7. The van der Waals surface area contributed by atoms with Crippen molar-refractivity contribution in [2.45, 2.75) is 26.1 Å². The first kappa shape index (κ1) is 23.2. The molecule has 0 spiro atoms. The van der Waals surface area contributed by atoms with Crippen LogP contribution < -0.4 is 15.1 Å². The van der Waals surface area contributed by atoms with Crippen LogP contribution in [0.3, 0.4) is 0 Å². The third kappa shape index (κ3) is 4.57. The SMILES string of the molecule is CCN1CC(=O)[C@@H](C)N(C(=O)Nc2ccccn2)c2nc(-c3cccc(C(F)(F)F)c3)ccc21. The van der Waals surface area contributed by atoms with Crippen molar-refractivity contribution in [1.29, 1.82) is 0 Å². The van der Waals surface area contributed by atoms with Crippen LogP contribution in [0.2, 0.25) is 0 Å². The smallest absolute Gasteiger partial charge is 0.361 e. The first-order valence-corrected chi connectivity index (χ1v) is 10.7. The molecular weight excluding hydrogens is 447 g/mol. The monoisotopic (exact) mass is 469 g/mol. The standard InChI is InChI=1S/C24H22F3N5O2/c1-3-31-14-20(33)15(2)32(23(34)30-21-9-4-5-12-28-21)22-19(31)11-10-18(29-22)16-7-6-8-17(13-16)24(25,26)27/h4-13,15H,3,14H2,1-2H3,(H,28,30,34)/t15-/m1/s1. The average molecular weight is 469 g/mol. The number of urea groups is 1. The van der Waals surface area contributed by atoms with Gasteiger partial charge in [0.1, 0.15) is 5.82 Å². The van der Waals surface area contributed by atoms with E-state index >= 15 is 0 Å². The molecule has 1 aliphatic rings. The minimum Gasteiger partial charge on any atom is -0.361 e. The van der Waals surface area contributed by atoms with Gasteiger partial charge in [0.25, 0.3) is 0 Å². The number of anilines is 3. The fourth-order valence-electron chi connectivity index (χ4n) is 3.77. The molecule has 176 valence electrons. The van der Waals surface area contributed by atoms with Crippen LogP contribution >= 0.6 is 0 Å². The Morgan fingerprint density at radius 2 is 1.94 bits per heavy atom. The molecule has 10 heteroatoms. The Bertz CT molecular complexity index is 1220. The maximum atomic E-state index is 13.3. The molecule has 0 unspecified atom stereocenters. The molecule has 1 atom stereocenters. The molecule has 1 N–H and O–H groups in total. The van der Waals surface area contributed by atoms with Crippen LogP contribution in [0.1, 0.15) is 19.4 Å². The third-order valence-corrected chi connectivity index (χ3v) is 5.61. The summed E-state index contributed by atoms with van der Waals surface area (Å²) >= 11 is 0. The molecule has 0 saturated carbocycles. The van der Waals surface area contributed by atoms with Gasteiger partial charge in [0.2, 0.25) is 0 Å². The first-order chi connectivity index (χ1) is 16.2. The predicted octanol–water partition coefficient (Wildman–Crippen LogP) is 5.00. The Morgan fingerprint density at radius 1 is 1.15 bits per heavy atom. The van der Waals surface area contributed by atoms with Crippen molar-refractivity contribution < 1.29 is 22.8 Å². The second-order valence-electron chi connectivity index (χ2n) is 7.79. The lowest BCUT2D eigenvalue weighted by Crippen LogP contribution is -2.46. The van der Waals surface area contributed by atoms with Gasteiger partial charge in [0.15, 0.2) is 11.6 Å². The van der Waals surface area contributed by atoms with Crippen LogP contribution in [0, 0.1) is 0 Å². The number of likely N-dealkylation sites (N-methyl/N-ethyl adjacent to an activating group) is 1. The van der Waals surface area contributed by atoms with E-state index in [1.54, 1.807) is 42.2 Å². The van der Waals surface area contributed by atoms with Crippen LogP contribution in [0.5, 0.6) is 0 Å². The lowest BCUT2D eigenvalue weighted by Gasteiger charge is -2.27. The lowest BCUT2D eigenvalue weighted by atomic mass is 10.1. The number of benzene rings is 1. The Morgan fingerprint density at radius 3 is 2.62 bits per heavy atom. The number of nitrogens with one attached hydrogen (secondary N) is 1. The Kier molecular flexibility index (Phi) is 6.23. The van der Waals surface area contributed by atoms with Gasteiger partial charge < -0.3 is 4.90 Å². The lowest BCUT2D eigenvalue weighted by molar-refractivity contribution is -0.137. The number of ketones is 1. The van der Waals surface area contributed by atoms with Crippen LogP contribution in [0.15, 0.2) is 60.8 Å². The molecular formula is C24H22F3N5O2. The number of halogens is 3. The maximum absolute atomic E-state index is 13.3. The summed E-state index contributed by atoms with van der Waals surface area (Å²) in [7, 11) is 0. The van der Waals surface area contributed by atoms with Crippen LogP contribution in [0.25, 0.3) is 11.3 Å². The summed E-state index contributed by atoms with van der Waals surface area (Å²) in [4.78, 5) is 37.9. The summed E-state index contributed by atoms with van der Waals surface area (Å²) in [6, 6.07) is 11.6. The summed E-state index contributed by atoms with van der Waals surface area (Å²) in [5, 5.41) is 2.67. The Labute approximate surface area is 194 Å². The number of Topliss-reactive ketones (excluding diaryl/α,β-unsaturated/α-hetero) is 1. The van der Waals surface area contributed by atoms with Gasteiger partial charge in [-0.1, -0.05) is 18.2 Å². The summed E-state index contributed by atoms with van der Waals surface area (Å²) in [6.07, 6.45) is -2.99. The van der Waals surface area contributed by atoms with E-state index in [0.717, 1.165) is 12.1 Å². The second kappa shape index (κ2) is 9.12. The number of carbonyl (C=O) groups is 2. The predicted molar refractivity (Wildman–Crippen MR) is 123 cm³/mol. The number of alkyl halides is 3. The van der Waals surface area contributed by atoms with Crippen LogP contribution in [0.4, 0.5) is 35.3 Å². The highest BCUT2D eigenvalue weighted by Crippen LogP contribution is 2.36. The summed E-state index contributed by atoms with van der Waals surface area (Å²) in [5.74, 6) is 0.277. The van der Waals surface area contributed by atoms with Gasteiger partial charge in [0, 0.05) is 18.3 Å². The van der Waals surface area contributed by atoms with Crippen molar-refractivity contribution in [2.24, 2.45) is 0 Å². The van der Waals surface area contributed by atoms with E-state index in [9.17, 15) is 22.8 Å². The number of hydrogen-bond donors (Lipinski definition) is 1. The van der Waals surface area contributed by atoms with E-state index in [4.69, 9.17) is 0 Å². The molecule has 0 saturated heterocycles. The van der Waals surface area contributed by atoms with E-state index in [-0.39, 0.29) is 29.4 Å². The van der Waals surface area contributed by atoms with Crippen molar-refractivity contribution in [3.05, 3.63) is 66.4 Å². The van der Waals surface area contributed by atoms with E-state index in [0.29, 0.717) is 18.1 Å². The molecule has 0 bridgehead atoms. The molecule has 0 aliphatic carbocycles. The van der Waals surface area contributed by atoms with Crippen molar-refractivity contribution >= 4 is 29.1 Å². The maximum Gasteiger partial charge on any atom is 0.416 e. The van der Waals surface area contributed by atoms with E-state index in [2.05, 4.69) is 15.3 Å². The first-order valence-electron chi connectivity index (χ1n) is 10.7. The van der Waals surface area contributed by atoms with Gasteiger partial charge in [-0.3, -0.25) is 15.0 Å². The highest BCUT2D eigenvalue weighted by Gasteiger charge is 2.36. The van der Waals surface area contributed by atoms with Crippen molar-refractivity contribution in [3.63, 3.8) is 0 Å². The van der Waals surface area contributed by atoms with Crippen molar-refractivity contribution in [3.8, 4) is 11.3 Å². The van der Waals surface area contributed by atoms with Crippen molar-refractivity contribution in [2.75, 3.05) is 28.2 Å². The minimum atomic E-state index is -4.50. The number of amides is 2. The van der Waals surface area contributed by atoms with Crippen molar-refractivity contribution in [1.82, 2.24) is 9.97 Å². The topological polar surface area (TPSA) is 78.4 Å². The van der Waals surface area contributed by atoms with Gasteiger partial charge in [-0.15, -0.1) is 0 Å². The highest BCUT2D eigenvalue weighted by molar-refractivity contribution is 6.09. The Hall–Kier alpha value is -3.95. The van der Waals surface area contributed by atoms with Gasteiger partial charge in [-0.2, -0.15) is 13.2 Å². The Balaban J connectivity index is 1.82. The zero-order chi connectivity index (χ0) is 24.5. The van der Waals surface area contributed by atoms with E-state index < -0.39 is 23.8 Å². The van der Waals surface area contributed by atoms with Crippen LogP contribution in [-0.4, -0.2) is 40.9 Å². The summed E-state index contributed by atoms with van der Waals surface area (Å²) in [6.45, 7) is 4.02. The number of hydrogen-bond acceptors (Lipinski definition) is 5. The molecule has 7 nitrogen and oxygen atoms in total. The number of pyridine rings is 2. The number of nitrogens with zero attached hydrogens (tertiary/aromatic N) is 4. The largest absolute Gasteiger partial charge is 0.416 e. The van der Waals surface area contributed by atoms with Gasteiger partial charge in [-0.05, 0) is 50.2 Å². The minimum absolute atomic E-state index is 0.0720. The fourth-order valence-corrected chi connectivity index (χ4v) is 3.77. The average Bonchev–Trinajstić information content (AvgIpc) is 2.92. The van der Waals surface area contributed by atoms with Gasteiger partial charge >= 0.3 is 12.2 Å². The molecule has 0 radical (unpaired) electrons. The zero-order valence-corrected chi connectivity index (χ0v) is 18.5. The number of carbonyl (C=O) groups excluding carboxylic acids is 2. The quantitative estimate of drug-likeness (QED) is 0.584. The van der Waals surface area contributed by atoms with Gasteiger partial charge in [-0.25, -0.2) is 14.8 Å². The molecule has 0 fully saturated rings. The highest BCUT2D eigenvalue weighted by atomic mass is 19.4. The van der Waals surface area contributed by atoms with E-state index in [1.165, 1.54) is 23.2 Å². The number of fused-ring (bicyclic) bond motifs is 1. The third-order valence-electron chi connectivity index (χ3n) is 5.61. The zero-order valence-electron chi connectivity index (χ0n) is 18.5. The number of aromatic nitrogens is 2. The van der Waals surface area contributed by atoms with Crippen LogP contribution in [-0.2, 0) is 11.0 Å². The second-order valence-corrected chi connectivity index (χ2v) is 7.79. The summed E-state index contributed by atoms with van der Waals surface area (Å²) in [5.41, 5.74) is 0.226. The van der Waals surface area contributed by atoms with Gasteiger partial charge in [0.05, 0.1) is 29.5 Å². The normalized spacial score (nSPS) is 16.1. The molecule has 3 heterocycles. The molecule has 2 aromatic heterocycles. The molecule has 3 aromatic rings. The molecule has 1 aliphatic heterocycles. The fraction of sp³-hybridized carbons (Fsp3) is 0.250. The molecule has 1 aromatic carbocycles. The molecule has 2 amide bonds. The number of rotatable bonds is 3. The molecule has 34 heavy (non-hydrogen) atoms. The molecule has 4 rings (SSSR count).